The molecule has 6 nitrogen and oxygen atoms in total. The van der Waals surface area contributed by atoms with Gasteiger partial charge in [0.2, 0.25) is 0 Å². The van der Waals surface area contributed by atoms with E-state index in [0.29, 0.717) is 49.7 Å². The molecule has 9 heteroatoms. The molecule has 0 radical (unpaired) electrons. The minimum atomic E-state index is -4.01. The van der Waals surface area contributed by atoms with E-state index >= 15 is 0 Å². The molecule has 5 unspecified atom stereocenters. The molecule has 1 aliphatic carbocycles. The summed E-state index contributed by atoms with van der Waals surface area (Å²) in [5.74, 6) is -0.115. The largest absolute Gasteiger partial charge is 0.391 e. The molecular formula is C21H40F3N5O+2. The summed E-state index contributed by atoms with van der Waals surface area (Å²) in [5, 5.41) is 6.13. The van der Waals surface area contributed by atoms with Gasteiger partial charge in [-0.25, -0.2) is 0 Å². The van der Waals surface area contributed by atoms with Crippen LogP contribution in [0.3, 0.4) is 0 Å². The van der Waals surface area contributed by atoms with Crippen molar-refractivity contribution in [3.05, 3.63) is 0 Å². The fraction of sp³-hybridized carbons (Fsp3) is 1.00. The molecule has 3 heterocycles. The van der Waals surface area contributed by atoms with E-state index in [-0.39, 0.29) is 12.4 Å². The van der Waals surface area contributed by atoms with E-state index in [1.807, 2.05) is 0 Å². The molecule has 174 valence electrons. The number of hydroxylamine groups is 1. The molecule has 0 amide bonds. The SMILES string of the molecule is CN(C)C1CCC(C2NOC([C@H]3CCC[NH+]3CC3CCC(C(F)(F)F)CC3)N2)C[NH2+]1. The summed E-state index contributed by atoms with van der Waals surface area (Å²) >= 11 is 0. The standard InChI is InChI=1S/C21H38F3N5O/c1-28(2)18-10-7-15(12-25-18)19-26-20(30-27-19)17-4-3-11-29(17)13-14-5-8-16(9-6-14)21(22,23)24/h14-20,25-27H,3-13H2,1-2H3/p+2/t14?,15?,16?,17-,18?,19?,20?/m1/s1. The number of quaternary nitrogens is 2. The van der Waals surface area contributed by atoms with E-state index in [4.69, 9.17) is 4.84 Å². The number of hydrogen-bond acceptors (Lipinski definition) is 4. The number of nitrogens with zero attached hydrogens (tertiary/aromatic N) is 1. The first kappa shape index (κ1) is 22.7. The quantitative estimate of drug-likeness (QED) is 0.493. The van der Waals surface area contributed by atoms with Crippen LogP contribution < -0.4 is 21.0 Å². The van der Waals surface area contributed by atoms with Crippen molar-refractivity contribution in [3.63, 3.8) is 0 Å². The van der Waals surface area contributed by atoms with Crippen LogP contribution in [0, 0.1) is 17.8 Å². The number of hydrogen-bond donors (Lipinski definition) is 4. The first-order valence-corrected chi connectivity index (χ1v) is 11.9. The Hall–Kier alpha value is -0.450. The molecule has 4 fully saturated rings. The summed E-state index contributed by atoms with van der Waals surface area (Å²) in [5.41, 5.74) is 3.26. The van der Waals surface area contributed by atoms with Gasteiger partial charge in [-0.05, 0) is 46.2 Å². The number of alkyl halides is 3. The van der Waals surface area contributed by atoms with Crippen molar-refractivity contribution in [2.45, 2.75) is 82.1 Å². The Morgan fingerprint density at radius 2 is 1.83 bits per heavy atom. The Balaban J connectivity index is 1.24. The van der Waals surface area contributed by atoms with Gasteiger partial charge < -0.3 is 10.2 Å². The Kier molecular flexibility index (Phi) is 7.26. The molecule has 0 aromatic rings. The van der Waals surface area contributed by atoms with Gasteiger partial charge in [0, 0.05) is 31.1 Å². The van der Waals surface area contributed by atoms with E-state index in [9.17, 15) is 13.2 Å². The highest BCUT2D eigenvalue weighted by molar-refractivity contribution is 4.84. The zero-order valence-corrected chi connectivity index (χ0v) is 18.4. The summed E-state index contributed by atoms with van der Waals surface area (Å²) in [4.78, 5) is 9.81. The van der Waals surface area contributed by atoms with Crippen LogP contribution in [-0.2, 0) is 4.84 Å². The van der Waals surface area contributed by atoms with Crippen LogP contribution in [-0.4, -0.2) is 69.4 Å². The average molecular weight is 436 g/mol. The summed E-state index contributed by atoms with van der Waals surface area (Å²) < 4.78 is 38.8. The Morgan fingerprint density at radius 3 is 2.47 bits per heavy atom. The molecule has 30 heavy (non-hydrogen) atoms. The lowest BCUT2D eigenvalue weighted by Gasteiger charge is -2.34. The van der Waals surface area contributed by atoms with E-state index in [1.165, 1.54) is 24.2 Å². The minimum absolute atomic E-state index is 0.00517. The molecule has 3 aliphatic heterocycles. The molecule has 4 rings (SSSR count). The molecule has 0 bridgehead atoms. The zero-order chi connectivity index (χ0) is 21.3. The second kappa shape index (κ2) is 9.58. The van der Waals surface area contributed by atoms with Gasteiger partial charge in [0.15, 0.2) is 6.23 Å². The van der Waals surface area contributed by atoms with Crippen molar-refractivity contribution in [2.75, 3.05) is 33.7 Å². The maximum absolute atomic E-state index is 12.9. The fourth-order valence-corrected chi connectivity index (χ4v) is 6.17. The van der Waals surface area contributed by atoms with Crippen LogP contribution in [0.2, 0.25) is 0 Å². The van der Waals surface area contributed by atoms with Crippen molar-refractivity contribution >= 4 is 0 Å². The average Bonchev–Trinajstić information content (AvgIpc) is 3.37. The number of rotatable bonds is 5. The third-order valence-electron chi connectivity index (χ3n) is 8.11. The van der Waals surface area contributed by atoms with Crippen molar-refractivity contribution in [1.29, 1.82) is 0 Å². The van der Waals surface area contributed by atoms with Crippen molar-refractivity contribution < 1.29 is 28.2 Å². The maximum atomic E-state index is 12.9. The maximum Gasteiger partial charge on any atom is 0.391 e. The van der Waals surface area contributed by atoms with Crippen LogP contribution in [0.1, 0.15) is 51.4 Å². The molecule has 3 saturated heterocycles. The Morgan fingerprint density at radius 1 is 1.07 bits per heavy atom. The second-order valence-corrected chi connectivity index (χ2v) is 10.3. The van der Waals surface area contributed by atoms with E-state index in [1.54, 1.807) is 0 Å². The lowest BCUT2D eigenvalue weighted by atomic mass is 9.81. The lowest BCUT2D eigenvalue weighted by molar-refractivity contribution is -0.919. The fourth-order valence-electron chi connectivity index (χ4n) is 6.17. The normalized spacial score (nSPS) is 43.4. The van der Waals surface area contributed by atoms with E-state index in [2.05, 4.69) is 35.1 Å². The summed E-state index contributed by atoms with van der Waals surface area (Å²) in [6, 6.07) is 0.393. The molecule has 1 saturated carbocycles. The van der Waals surface area contributed by atoms with Crippen LogP contribution in [0.15, 0.2) is 0 Å². The van der Waals surface area contributed by atoms with E-state index in [0.717, 1.165) is 26.1 Å². The Bertz CT molecular complexity index is 547. The Labute approximate surface area is 178 Å². The first-order chi connectivity index (χ1) is 14.3. The monoisotopic (exact) mass is 435 g/mol. The van der Waals surface area contributed by atoms with Gasteiger partial charge >= 0.3 is 6.18 Å². The van der Waals surface area contributed by atoms with Gasteiger partial charge in [-0.15, -0.1) is 0 Å². The predicted octanol–water partition coefficient (Wildman–Crippen LogP) is 0.0401. The molecule has 0 aromatic heterocycles. The van der Waals surface area contributed by atoms with Crippen molar-refractivity contribution in [1.82, 2.24) is 15.7 Å². The third kappa shape index (κ3) is 5.30. The number of nitrogens with two attached hydrogens (primary N) is 1. The summed E-state index contributed by atoms with van der Waals surface area (Å²) in [6.07, 6.45) is 3.46. The van der Waals surface area contributed by atoms with Crippen molar-refractivity contribution in [2.24, 2.45) is 17.8 Å². The molecule has 5 N–H and O–H groups in total. The smallest absolute Gasteiger partial charge is 0.331 e. The number of nitrogens with one attached hydrogen (secondary N) is 3. The second-order valence-electron chi connectivity index (χ2n) is 10.3. The van der Waals surface area contributed by atoms with Gasteiger partial charge in [0.1, 0.15) is 12.2 Å². The molecular weight excluding hydrogens is 395 g/mol. The first-order valence-electron chi connectivity index (χ1n) is 11.9. The van der Waals surface area contributed by atoms with E-state index < -0.39 is 12.1 Å². The highest BCUT2D eigenvalue weighted by atomic mass is 19.4. The number of likely N-dealkylation sites (tertiary alicyclic amines) is 1. The van der Waals surface area contributed by atoms with Crippen LogP contribution in [0.5, 0.6) is 0 Å². The minimum Gasteiger partial charge on any atom is -0.331 e. The lowest BCUT2D eigenvalue weighted by Crippen LogP contribution is -3.15. The predicted molar refractivity (Wildman–Crippen MR) is 107 cm³/mol. The zero-order valence-electron chi connectivity index (χ0n) is 18.4. The van der Waals surface area contributed by atoms with Gasteiger partial charge in [0.25, 0.3) is 0 Å². The highest BCUT2D eigenvalue weighted by Crippen LogP contribution is 2.39. The number of halogens is 3. The highest BCUT2D eigenvalue weighted by Gasteiger charge is 2.46. The number of piperidine rings is 1. The summed E-state index contributed by atoms with van der Waals surface area (Å²) in [7, 11) is 4.28. The van der Waals surface area contributed by atoms with Gasteiger partial charge in [-0.3, -0.25) is 15.1 Å². The van der Waals surface area contributed by atoms with Gasteiger partial charge in [-0.2, -0.15) is 18.7 Å². The van der Waals surface area contributed by atoms with Crippen LogP contribution in [0.4, 0.5) is 13.2 Å². The molecule has 0 spiro atoms. The van der Waals surface area contributed by atoms with Crippen LogP contribution >= 0.6 is 0 Å². The third-order valence-corrected chi connectivity index (χ3v) is 8.11. The molecule has 0 aromatic carbocycles. The van der Waals surface area contributed by atoms with Crippen LogP contribution in [0.25, 0.3) is 0 Å². The summed E-state index contributed by atoms with van der Waals surface area (Å²) in [6.45, 7) is 3.19. The molecule has 4 aliphatic rings. The van der Waals surface area contributed by atoms with Gasteiger partial charge in [-0.1, -0.05) is 0 Å². The topological polar surface area (TPSA) is 57.6 Å². The van der Waals surface area contributed by atoms with Gasteiger partial charge in [0.05, 0.1) is 31.7 Å². The molecule has 6 atom stereocenters. The van der Waals surface area contributed by atoms with Crippen molar-refractivity contribution in [3.8, 4) is 0 Å².